The molecule has 216 valence electrons. The average Bonchev–Trinajstić information content (AvgIpc) is 3.33. The molecule has 1 fully saturated rings. The van der Waals surface area contributed by atoms with Crippen LogP contribution in [0.5, 0.6) is 0 Å². The second-order valence-corrected chi connectivity index (χ2v) is 10.1. The molecule has 0 radical (unpaired) electrons. The highest BCUT2D eigenvalue weighted by atomic mass is 19.4. The molecule has 2 atom stereocenters. The van der Waals surface area contributed by atoms with Gasteiger partial charge in [-0.15, -0.1) is 0 Å². The largest absolute Gasteiger partial charge is 0.416 e. The molecule has 1 aliphatic heterocycles. The number of carbonyl (C=O) groups excluding carboxylic acids is 2. The number of ketones is 1. The third kappa shape index (κ3) is 9.42. The van der Waals surface area contributed by atoms with Gasteiger partial charge < -0.3 is 15.3 Å². The van der Waals surface area contributed by atoms with Crippen LogP contribution in [0.3, 0.4) is 0 Å². The summed E-state index contributed by atoms with van der Waals surface area (Å²) >= 11 is 0. The van der Waals surface area contributed by atoms with Crippen LogP contribution in [0.25, 0.3) is 0 Å². The third-order valence-corrected chi connectivity index (χ3v) is 6.89. The Bertz CT molecular complexity index is 1120. The topological polar surface area (TPSA) is 69.6 Å². The van der Waals surface area contributed by atoms with E-state index in [1.165, 1.54) is 6.07 Å². The maximum absolute atomic E-state index is 14.3. The predicted molar refractivity (Wildman–Crippen MR) is 144 cm³/mol. The molecule has 2 aromatic rings. The molecule has 2 N–H and O–H groups in total. The smallest absolute Gasteiger partial charge is 0.392 e. The number of hydrogen-bond acceptors (Lipinski definition) is 4. The minimum atomic E-state index is -4.59. The molecule has 5 nitrogen and oxygen atoms in total. The molecule has 0 aromatic heterocycles. The molecular formula is C30H40F4N2O3. The Morgan fingerprint density at radius 1 is 1.13 bits per heavy atom. The number of Topliss-reactive ketones (excluding diaryl/α,β-unsaturated/α-hetero) is 1. The van der Waals surface area contributed by atoms with E-state index in [9.17, 15) is 32.3 Å². The summed E-state index contributed by atoms with van der Waals surface area (Å²) in [5.41, 5.74) is 1.46. The van der Waals surface area contributed by atoms with Crippen molar-refractivity contribution in [2.24, 2.45) is 5.92 Å². The lowest BCUT2D eigenvalue weighted by atomic mass is 9.96. The number of nitrogens with one attached hydrogen (secondary N) is 1. The van der Waals surface area contributed by atoms with E-state index in [2.05, 4.69) is 5.32 Å². The lowest BCUT2D eigenvalue weighted by Gasteiger charge is -2.20. The number of carbonyl (C=O) groups is 2. The Kier molecular flexibility index (Phi) is 12.1. The monoisotopic (exact) mass is 552 g/mol. The number of nitrogens with zero attached hydrogens (tertiary/aromatic N) is 1. The van der Waals surface area contributed by atoms with Crippen molar-refractivity contribution in [3.63, 3.8) is 0 Å². The van der Waals surface area contributed by atoms with Crippen LogP contribution in [-0.2, 0) is 17.4 Å². The van der Waals surface area contributed by atoms with E-state index in [1.54, 1.807) is 12.1 Å². The second-order valence-electron chi connectivity index (χ2n) is 10.1. The zero-order chi connectivity index (χ0) is 29.3. The van der Waals surface area contributed by atoms with Gasteiger partial charge >= 0.3 is 6.18 Å². The van der Waals surface area contributed by atoms with Crippen LogP contribution in [0.4, 0.5) is 17.6 Å². The van der Waals surface area contributed by atoms with E-state index in [4.69, 9.17) is 0 Å². The first-order valence-corrected chi connectivity index (χ1v) is 13.5. The van der Waals surface area contributed by atoms with Crippen LogP contribution < -0.4 is 5.32 Å². The van der Waals surface area contributed by atoms with Crippen molar-refractivity contribution in [3.05, 3.63) is 70.0 Å². The molecule has 1 saturated heterocycles. The third-order valence-electron chi connectivity index (χ3n) is 6.89. The van der Waals surface area contributed by atoms with Gasteiger partial charge in [0.15, 0.2) is 0 Å². The number of aryl methyl sites for hydroxylation is 1. The molecule has 3 rings (SSSR count). The molecule has 0 aliphatic carbocycles. The van der Waals surface area contributed by atoms with E-state index in [-0.39, 0.29) is 42.1 Å². The van der Waals surface area contributed by atoms with Gasteiger partial charge in [-0.3, -0.25) is 9.59 Å². The number of alkyl halides is 3. The fraction of sp³-hybridized carbons (Fsp3) is 0.533. The molecule has 9 heteroatoms. The van der Waals surface area contributed by atoms with Crippen molar-refractivity contribution in [2.45, 2.75) is 72.1 Å². The van der Waals surface area contributed by atoms with Gasteiger partial charge in [0, 0.05) is 43.5 Å². The van der Waals surface area contributed by atoms with Crippen molar-refractivity contribution in [2.75, 3.05) is 26.2 Å². The van der Waals surface area contributed by atoms with Gasteiger partial charge in [-0.2, -0.15) is 13.2 Å². The normalized spacial score (nSPS) is 16.5. The quantitative estimate of drug-likeness (QED) is 0.359. The van der Waals surface area contributed by atoms with Gasteiger partial charge in [0.2, 0.25) is 0 Å². The van der Waals surface area contributed by atoms with Crippen LogP contribution in [-0.4, -0.2) is 54.0 Å². The molecule has 0 spiro atoms. The summed E-state index contributed by atoms with van der Waals surface area (Å²) in [7, 11) is 0. The molecule has 1 heterocycles. The van der Waals surface area contributed by atoms with Gasteiger partial charge in [0.1, 0.15) is 11.6 Å². The summed E-state index contributed by atoms with van der Waals surface area (Å²) in [6, 6.07) is 7.89. The van der Waals surface area contributed by atoms with Crippen LogP contribution in [0.15, 0.2) is 36.4 Å². The van der Waals surface area contributed by atoms with Crippen molar-refractivity contribution >= 4 is 11.7 Å². The molecule has 0 saturated carbocycles. The lowest BCUT2D eigenvalue weighted by Crippen LogP contribution is -2.34. The molecular weight excluding hydrogens is 512 g/mol. The van der Waals surface area contributed by atoms with E-state index < -0.39 is 23.7 Å². The number of amides is 1. The first kappa shape index (κ1) is 32.4. The van der Waals surface area contributed by atoms with Crippen LogP contribution in [0.2, 0.25) is 0 Å². The maximum atomic E-state index is 14.3. The molecule has 2 aromatic carbocycles. The van der Waals surface area contributed by atoms with Gasteiger partial charge in [0.05, 0.1) is 11.7 Å². The Balaban J connectivity index is 0.00000260. The van der Waals surface area contributed by atoms with Crippen molar-refractivity contribution < 1.29 is 32.3 Å². The highest BCUT2D eigenvalue weighted by Crippen LogP contribution is 2.34. The summed E-state index contributed by atoms with van der Waals surface area (Å²) in [6.07, 6.45) is -4.15. The Labute approximate surface area is 228 Å². The van der Waals surface area contributed by atoms with Crippen molar-refractivity contribution in [1.29, 1.82) is 0 Å². The number of likely N-dealkylation sites (tertiary alicyclic amines) is 1. The second kappa shape index (κ2) is 14.6. The fourth-order valence-electron chi connectivity index (χ4n) is 4.53. The fourth-order valence-corrected chi connectivity index (χ4v) is 4.53. The summed E-state index contributed by atoms with van der Waals surface area (Å²) < 4.78 is 52.7. The lowest BCUT2D eigenvalue weighted by molar-refractivity contribution is -0.137. The molecule has 1 amide bonds. The maximum Gasteiger partial charge on any atom is 0.416 e. The van der Waals surface area contributed by atoms with Gasteiger partial charge in [-0.05, 0) is 67.3 Å². The SMILES string of the molecule is CC.Cc1ccc(C(=O)NCCC(O)CN2CCC(c3ccc(C(F)(F)F)cc3F)C2)cc1CC(=O)C(C)C. The van der Waals surface area contributed by atoms with E-state index >= 15 is 0 Å². The number of aliphatic hydroxyl groups is 1. The molecule has 0 bridgehead atoms. The number of rotatable bonds is 10. The number of aliphatic hydroxyl groups excluding tert-OH is 1. The highest BCUT2D eigenvalue weighted by molar-refractivity contribution is 5.95. The standard InChI is InChI=1S/C28H34F4N2O3.C2H6/c1-17(2)26(36)13-21-12-19(5-4-18(21)3)27(37)33-10-8-23(35)16-34-11-9-20(15-34)24-7-6-22(14-25(24)29)28(30,31)32;1-2/h4-7,12,14,17,20,23,35H,8-11,13,15-16H2,1-3H3,(H,33,37);1-2H3. The zero-order valence-corrected chi connectivity index (χ0v) is 23.4. The minimum absolute atomic E-state index is 0.0850. The van der Waals surface area contributed by atoms with Crippen molar-refractivity contribution in [1.82, 2.24) is 10.2 Å². The summed E-state index contributed by atoms with van der Waals surface area (Å²) in [5.74, 6) is -1.37. The van der Waals surface area contributed by atoms with Crippen LogP contribution >= 0.6 is 0 Å². The highest BCUT2D eigenvalue weighted by Gasteiger charge is 2.33. The molecule has 2 unspecified atom stereocenters. The molecule has 1 aliphatic rings. The summed E-state index contributed by atoms with van der Waals surface area (Å²) in [6.45, 7) is 11.2. The van der Waals surface area contributed by atoms with Crippen molar-refractivity contribution in [3.8, 4) is 0 Å². The summed E-state index contributed by atoms with van der Waals surface area (Å²) in [5, 5.41) is 13.2. The van der Waals surface area contributed by atoms with E-state index in [0.717, 1.165) is 17.2 Å². The van der Waals surface area contributed by atoms with Gasteiger partial charge in [-0.25, -0.2) is 4.39 Å². The van der Waals surface area contributed by atoms with Gasteiger partial charge in [0.25, 0.3) is 5.91 Å². The van der Waals surface area contributed by atoms with Crippen LogP contribution in [0, 0.1) is 18.7 Å². The first-order valence-electron chi connectivity index (χ1n) is 13.5. The Morgan fingerprint density at radius 2 is 1.82 bits per heavy atom. The molecule has 39 heavy (non-hydrogen) atoms. The Hall–Kier alpha value is -2.78. The minimum Gasteiger partial charge on any atom is -0.392 e. The first-order chi connectivity index (χ1) is 18.3. The van der Waals surface area contributed by atoms with E-state index in [1.807, 2.05) is 45.6 Å². The number of β-amino-alcohol motifs (C(OH)–C–C–N with tert-alkyl or cyclic N) is 1. The number of hydrogen-bond donors (Lipinski definition) is 2. The zero-order valence-electron chi connectivity index (χ0n) is 23.4. The average molecular weight is 553 g/mol. The van der Waals surface area contributed by atoms with Crippen LogP contribution in [0.1, 0.15) is 79.1 Å². The van der Waals surface area contributed by atoms with E-state index in [0.29, 0.717) is 44.1 Å². The number of halogens is 4. The Morgan fingerprint density at radius 3 is 2.44 bits per heavy atom. The van der Waals surface area contributed by atoms with Gasteiger partial charge in [-0.1, -0.05) is 39.8 Å². The number of benzene rings is 2. The predicted octanol–water partition coefficient (Wildman–Crippen LogP) is 5.92. The summed E-state index contributed by atoms with van der Waals surface area (Å²) in [4.78, 5) is 26.6.